The maximum absolute atomic E-state index is 12.6. The molecule has 0 aliphatic carbocycles. The standard InChI is InChI=1S/C16H17NO4S/c1-2-17(10-14-7-4-8-22-14)16(20)12-5-3-6-13(9-12)21-11-15(18)19/h3-9H,2,10-11H2,1H3,(H,18,19). The van der Waals surface area contributed by atoms with Crippen molar-refractivity contribution in [3.8, 4) is 5.75 Å². The lowest BCUT2D eigenvalue weighted by Crippen LogP contribution is -2.30. The van der Waals surface area contributed by atoms with E-state index in [4.69, 9.17) is 9.84 Å². The Bertz CT molecular complexity index is 639. The molecular weight excluding hydrogens is 302 g/mol. The molecule has 0 aliphatic heterocycles. The summed E-state index contributed by atoms with van der Waals surface area (Å²) in [5, 5.41) is 10.6. The number of carboxylic acid groups (broad SMARTS) is 1. The van der Waals surface area contributed by atoms with Gasteiger partial charge in [0.05, 0.1) is 6.54 Å². The largest absolute Gasteiger partial charge is 0.482 e. The number of nitrogens with zero attached hydrogens (tertiary/aromatic N) is 1. The van der Waals surface area contributed by atoms with Gasteiger partial charge in [0, 0.05) is 17.0 Å². The van der Waals surface area contributed by atoms with Gasteiger partial charge in [-0.2, -0.15) is 0 Å². The van der Waals surface area contributed by atoms with Crippen LogP contribution >= 0.6 is 11.3 Å². The summed E-state index contributed by atoms with van der Waals surface area (Å²) in [6.45, 7) is 2.66. The highest BCUT2D eigenvalue weighted by atomic mass is 32.1. The normalized spacial score (nSPS) is 10.2. The third kappa shape index (κ3) is 4.33. The molecule has 1 N–H and O–H groups in total. The van der Waals surface area contributed by atoms with Gasteiger partial charge in [0.2, 0.25) is 0 Å². The van der Waals surface area contributed by atoms with Gasteiger partial charge >= 0.3 is 5.97 Å². The lowest BCUT2D eigenvalue weighted by molar-refractivity contribution is -0.139. The van der Waals surface area contributed by atoms with Gasteiger partial charge in [-0.1, -0.05) is 12.1 Å². The molecule has 22 heavy (non-hydrogen) atoms. The summed E-state index contributed by atoms with van der Waals surface area (Å²) in [6, 6.07) is 10.5. The van der Waals surface area contributed by atoms with Gasteiger partial charge in [0.1, 0.15) is 5.75 Å². The number of aliphatic carboxylic acids is 1. The van der Waals surface area contributed by atoms with Crippen molar-refractivity contribution in [3.63, 3.8) is 0 Å². The Labute approximate surface area is 132 Å². The first-order valence-corrected chi connectivity index (χ1v) is 7.74. The smallest absolute Gasteiger partial charge is 0.341 e. The van der Waals surface area contributed by atoms with E-state index < -0.39 is 12.6 Å². The average Bonchev–Trinajstić information content (AvgIpc) is 3.03. The van der Waals surface area contributed by atoms with Crippen LogP contribution in [0.5, 0.6) is 5.75 Å². The van der Waals surface area contributed by atoms with Crippen molar-refractivity contribution in [1.29, 1.82) is 0 Å². The van der Waals surface area contributed by atoms with E-state index >= 15 is 0 Å². The molecule has 0 aliphatic rings. The molecule has 0 spiro atoms. The van der Waals surface area contributed by atoms with Crippen LogP contribution in [0.15, 0.2) is 41.8 Å². The predicted octanol–water partition coefficient (Wildman–Crippen LogP) is 2.87. The van der Waals surface area contributed by atoms with Gasteiger partial charge in [0.15, 0.2) is 6.61 Å². The molecule has 0 radical (unpaired) electrons. The number of thiophene rings is 1. The van der Waals surface area contributed by atoms with Crippen molar-refractivity contribution in [1.82, 2.24) is 4.90 Å². The van der Waals surface area contributed by atoms with E-state index in [9.17, 15) is 9.59 Å². The van der Waals surface area contributed by atoms with Crippen molar-refractivity contribution in [3.05, 3.63) is 52.2 Å². The molecule has 2 aromatic rings. The maximum atomic E-state index is 12.6. The number of carbonyl (C=O) groups is 2. The molecule has 1 aromatic heterocycles. The van der Waals surface area contributed by atoms with E-state index in [2.05, 4.69) is 0 Å². The lowest BCUT2D eigenvalue weighted by Gasteiger charge is -2.20. The van der Waals surface area contributed by atoms with E-state index in [1.54, 1.807) is 40.5 Å². The minimum absolute atomic E-state index is 0.100. The quantitative estimate of drug-likeness (QED) is 0.852. The minimum atomic E-state index is -1.05. The maximum Gasteiger partial charge on any atom is 0.341 e. The fourth-order valence-electron chi connectivity index (χ4n) is 1.96. The molecule has 6 heteroatoms. The van der Waals surface area contributed by atoms with Crippen LogP contribution < -0.4 is 4.74 Å². The van der Waals surface area contributed by atoms with Crippen molar-refractivity contribution >= 4 is 23.2 Å². The summed E-state index contributed by atoms with van der Waals surface area (Å²) >= 11 is 1.61. The van der Waals surface area contributed by atoms with Crippen LogP contribution in [0.3, 0.4) is 0 Å². The highest BCUT2D eigenvalue weighted by Crippen LogP contribution is 2.18. The van der Waals surface area contributed by atoms with Crippen LogP contribution in [-0.2, 0) is 11.3 Å². The van der Waals surface area contributed by atoms with Crippen molar-refractivity contribution in [2.45, 2.75) is 13.5 Å². The Kier molecular flexibility index (Phi) is 5.55. The summed E-state index contributed by atoms with van der Waals surface area (Å²) in [7, 11) is 0. The molecule has 1 aromatic carbocycles. The highest BCUT2D eigenvalue weighted by molar-refractivity contribution is 7.09. The summed E-state index contributed by atoms with van der Waals surface area (Å²) in [5.74, 6) is -0.776. The Morgan fingerprint density at radius 1 is 1.27 bits per heavy atom. The molecule has 0 fully saturated rings. The van der Waals surface area contributed by atoms with E-state index in [1.807, 2.05) is 24.4 Å². The number of hydrogen-bond donors (Lipinski definition) is 1. The Morgan fingerprint density at radius 3 is 2.73 bits per heavy atom. The minimum Gasteiger partial charge on any atom is -0.482 e. The summed E-state index contributed by atoms with van der Waals surface area (Å²) in [5.41, 5.74) is 0.487. The number of carboxylic acids is 1. The molecular formula is C16H17NO4S. The first-order chi connectivity index (χ1) is 10.6. The molecule has 0 unspecified atom stereocenters. The van der Waals surface area contributed by atoms with Crippen molar-refractivity contribution in [2.75, 3.05) is 13.2 Å². The number of carbonyl (C=O) groups excluding carboxylic acids is 1. The fourth-order valence-corrected chi connectivity index (χ4v) is 2.68. The van der Waals surface area contributed by atoms with Crippen LogP contribution in [0, 0.1) is 0 Å². The number of ether oxygens (including phenoxy) is 1. The van der Waals surface area contributed by atoms with Crippen LogP contribution in [0.2, 0.25) is 0 Å². The van der Waals surface area contributed by atoms with E-state index in [1.165, 1.54) is 0 Å². The Hall–Kier alpha value is -2.34. The molecule has 0 bridgehead atoms. The topological polar surface area (TPSA) is 66.8 Å². The van der Waals surface area contributed by atoms with Crippen LogP contribution in [0.4, 0.5) is 0 Å². The summed E-state index contributed by atoms with van der Waals surface area (Å²) in [6.07, 6.45) is 0. The second-order valence-corrected chi connectivity index (χ2v) is 5.64. The fraction of sp³-hybridized carbons (Fsp3) is 0.250. The molecule has 0 saturated carbocycles. The number of hydrogen-bond acceptors (Lipinski definition) is 4. The van der Waals surface area contributed by atoms with Gasteiger partial charge in [-0.25, -0.2) is 4.79 Å². The monoisotopic (exact) mass is 319 g/mol. The first-order valence-electron chi connectivity index (χ1n) is 6.86. The molecule has 0 saturated heterocycles. The second kappa shape index (κ2) is 7.61. The van der Waals surface area contributed by atoms with Crippen LogP contribution in [-0.4, -0.2) is 35.0 Å². The molecule has 5 nitrogen and oxygen atoms in total. The number of amides is 1. The number of rotatable bonds is 7. The molecule has 116 valence electrons. The summed E-state index contributed by atoms with van der Waals surface area (Å²) in [4.78, 5) is 25.9. The zero-order valence-corrected chi connectivity index (χ0v) is 13.0. The summed E-state index contributed by atoms with van der Waals surface area (Å²) < 4.78 is 5.11. The molecule has 2 rings (SSSR count). The molecule has 1 amide bonds. The van der Waals surface area contributed by atoms with E-state index in [0.29, 0.717) is 24.4 Å². The zero-order chi connectivity index (χ0) is 15.9. The predicted molar refractivity (Wildman–Crippen MR) is 84.3 cm³/mol. The van der Waals surface area contributed by atoms with Gasteiger partial charge in [-0.3, -0.25) is 4.79 Å². The van der Waals surface area contributed by atoms with Crippen molar-refractivity contribution < 1.29 is 19.4 Å². The first kappa shape index (κ1) is 16.0. The van der Waals surface area contributed by atoms with Crippen LogP contribution in [0.1, 0.15) is 22.2 Å². The Balaban J connectivity index is 2.09. The third-order valence-electron chi connectivity index (χ3n) is 3.04. The Morgan fingerprint density at radius 2 is 2.09 bits per heavy atom. The van der Waals surface area contributed by atoms with Crippen molar-refractivity contribution in [2.24, 2.45) is 0 Å². The molecule has 0 atom stereocenters. The average molecular weight is 319 g/mol. The number of benzene rings is 1. The second-order valence-electron chi connectivity index (χ2n) is 4.61. The molecule has 1 heterocycles. The van der Waals surface area contributed by atoms with Gasteiger partial charge in [-0.05, 0) is 36.6 Å². The SMILES string of the molecule is CCN(Cc1cccs1)C(=O)c1cccc(OCC(=O)O)c1. The van der Waals surface area contributed by atoms with Gasteiger partial charge < -0.3 is 14.7 Å². The van der Waals surface area contributed by atoms with Crippen LogP contribution in [0.25, 0.3) is 0 Å². The zero-order valence-electron chi connectivity index (χ0n) is 12.2. The van der Waals surface area contributed by atoms with E-state index in [-0.39, 0.29) is 5.91 Å². The third-order valence-corrected chi connectivity index (χ3v) is 3.90. The lowest BCUT2D eigenvalue weighted by atomic mass is 10.2. The van der Waals surface area contributed by atoms with Gasteiger partial charge in [0.25, 0.3) is 5.91 Å². The van der Waals surface area contributed by atoms with E-state index in [0.717, 1.165) is 4.88 Å². The van der Waals surface area contributed by atoms with Gasteiger partial charge in [-0.15, -0.1) is 11.3 Å². The highest BCUT2D eigenvalue weighted by Gasteiger charge is 2.15.